The average Bonchev–Trinajstić information content (AvgIpc) is 1.98. The molecule has 0 aliphatic heterocycles. The first-order valence-electron chi connectivity index (χ1n) is 2.09. The second kappa shape index (κ2) is 2.30. The first-order chi connectivity index (χ1) is 3.72. The van der Waals surface area contributed by atoms with Crippen LogP contribution in [-0.2, 0) is 0 Å². The van der Waals surface area contributed by atoms with E-state index in [2.05, 4.69) is 0 Å². The van der Waals surface area contributed by atoms with Gasteiger partial charge in [0.05, 0.1) is 15.4 Å². The highest BCUT2D eigenvalue weighted by atomic mass is 35.5. The maximum Gasteiger partial charge on any atom is 0.0891 e. The smallest absolute Gasteiger partial charge is 0.0891 e. The molecular formula is C5H3Cl3. The molecule has 0 heterocycles. The first-order valence-corrected chi connectivity index (χ1v) is 3.28. The summed E-state index contributed by atoms with van der Waals surface area (Å²) in [4.78, 5) is 0. The van der Waals surface area contributed by atoms with Crippen LogP contribution in [0.15, 0.2) is 22.2 Å². The Kier molecular flexibility index (Phi) is 1.86. The number of hydrogen-bond donors (Lipinski definition) is 0. The molecular weight excluding hydrogens is 166 g/mol. The highest BCUT2D eigenvalue weighted by molar-refractivity contribution is 6.45. The summed E-state index contributed by atoms with van der Waals surface area (Å²) in [6.45, 7) is 0. The lowest BCUT2D eigenvalue weighted by molar-refractivity contribution is 1.41. The van der Waals surface area contributed by atoms with E-state index in [1.807, 2.05) is 0 Å². The summed E-state index contributed by atoms with van der Waals surface area (Å²) >= 11 is 16.7. The molecule has 1 aliphatic rings. The normalized spacial score (nSPS) is 27.6. The zero-order chi connectivity index (χ0) is 6.15. The molecule has 0 aromatic rings. The van der Waals surface area contributed by atoms with Crippen LogP contribution >= 0.6 is 34.8 Å². The van der Waals surface area contributed by atoms with Gasteiger partial charge in [0.2, 0.25) is 0 Å². The van der Waals surface area contributed by atoms with Gasteiger partial charge in [0, 0.05) is 0 Å². The van der Waals surface area contributed by atoms with Crippen LogP contribution in [0.4, 0.5) is 0 Å². The van der Waals surface area contributed by atoms with E-state index in [-0.39, 0.29) is 5.38 Å². The molecule has 1 unspecified atom stereocenters. The summed E-state index contributed by atoms with van der Waals surface area (Å²) in [7, 11) is 0. The van der Waals surface area contributed by atoms with E-state index in [0.29, 0.717) is 10.1 Å². The van der Waals surface area contributed by atoms with Crippen molar-refractivity contribution in [2.24, 2.45) is 0 Å². The van der Waals surface area contributed by atoms with Crippen LogP contribution in [0.25, 0.3) is 0 Å². The maximum atomic E-state index is 5.60. The highest BCUT2D eigenvalue weighted by Gasteiger charge is 2.13. The molecule has 0 saturated carbocycles. The number of rotatable bonds is 0. The lowest BCUT2D eigenvalue weighted by atomic mass is 10.5. The van der Waals surface area contributed by atoms with E-state index >= 15 is 0 Å². The van der Waals surface area contributed by atoms with Gasteiger partial charge in [-0.1, -0.05) is 29.3 Å². The molecule has 1 atom stereocenters. The molecule has 0 bridgehead atoms. The SMILES string of the molecule is ClC1=C(Cl)C(Cl)C=C1. The van der Waals surface area contributed by atoms with E-state index in [1.165, 1.54) is 0 Å². The topological polar surface area (TPSA) is 0 Å². The van der Waals surface area contributed by atoms with Crippen molar-refractivity contribution in [3.63, 3.8) is 0 Å². The van der Waals surface area contributed by atoms with Crippen molar-refractivity contribution in [2.45, 2.75) is 5.38 Å². The van der Waals surface area contributed by atoms with Gasteiger partial charge in [0.25, 0.3) is 0 Å². The van der Waals surface area contributed by atoms with Crippen LogP contribution in [0.1, 0.15) is 0 Å². The second-order valence-corrected chi connectivity index (χ2v) is 2.74. The van der Waals surface area contributed by atoms with E-state index in [0.717, 1.165) is 0 Å². The summed E-state index contributed by atoms with van der Waals surface area (Å²) < 4.78 is 0. The molecule has 0 aromatic heterocycles. The molecule has 8 heavy (non-hydrogen) atoms. The first kappa shape index (κ1) is 6.47. The number of halogens is 3. The fourth-order valence-electron chi connectivity index (χ4n) is 0.465. The molecule has 0 fully saturated rings. The zero-order valence-corrected chi connectivity index (χ0v) is 6.13. The van der Waals surface area contributed by atoms with E-state index in [9.17, 15) is 0 Å². The third-order valence-electron chi connectivity index (χ3n) is 0.882. The zero-order valence-electron chi connectivity index (χ0n) is 3.87. The third kappa shape index (κ3) is 1.02. The lowest BCUT2D eigenvalue weighted by Gasteiger charge is -1.92. The molecule has 1 rings (SSSR count). The van der Waals surface area contributed by atoms with E-state index in [1.54, 1.807) is 12.2 Å². The summed E-state index contributed by atoms with van der Waals surface area (Å²) in [5, 5.41) is 0.865. The second-order valence-electron chi connectivity index (χ2n) is 1.46. The monoisotopic (exact) mass is 168 g/mol. The Morgan fingerprint density at radius 2 is 2.00 bits per heavy atom. The van der Waals surface area contributed by atoms with Crippen molar-refractivity contribution in [2.75, 3.05) is 0 Å². The molecule has 0 saturated heterocycles. The Bertz CT molecular complexity index is 157. The Morgan fingerprint density at radius 1 is 1.38 bits per heavy atom. The van der Waals surface area contributed by atoms with Gasteiger partial charge < -0.3 is 0 Å². The lowest BCUT2D eigenvalue weighted by Crippen LogP contribution is -1.86. The van der Waals surface area contributed by atoms with Gasteiger partial charge in [-0.05, 0) is 6.08 Å². The summed E-state index contributed by atoms with van der Waals surface area (Å²) in [5.74, 6) is 0. The van der Waals surface area contributed by atoms with Crippen molar-refractivity contribution >= 4 is 34.8 Å². The van der Waals surface area contributed by atoms with Crippen molar-refractivity contribution in [1.29, 1.82) is 0 Å². The molecule has 0 nitrogen and oxygen atoms in total. The molecule has 0 amide bonds. The van der Waals surface area contributed by atoms with Gasteiger partial charge in [0.15, 0.2) is 0 Å². The predicted octanol–water partition coefficient (Wildman–Crippen LogP) is 2.85. The fourth-order valence-corrected chi connectivity index (χ4v) is 1.04. The minimum Gasteiger partial charge on any atom is -0.112 e. The van der Waals surface area contributed by atoms with Gasteiger partial charge in [-0.3, -0.25) is 0 Å². The number of hydrogen-bond acceptors (Lipinski definition) is 0. The third-order valence-corrected chi connectivity index (χ3v) is 2.22. The quantitative estimate of drug-likeness (QED) is 0.489. The Balaban J connectivity index is 2.85. The Labute approximate surface area is 62.7 Å². The van der Waals surface area contributed by atoms with Crippen molar-refractivity contribution in [3.8, 4) is 0 Å². The highest BCUT2D eigenvalue weighted by Crippen LogP contribution is 2.29. The average molecular weight is 169 g/mol. The predicted molar refractivity (Wildman–Crippen MR) is 37.5 cm³/mol. The van der Waals surface area contributed by atoms with Gasteiger partial charge in [-0.2, -0.15) is 0 Å². The summed E-state index contributed by atoms with van der Waals surface area (Å²) in [5.41, 5.74) is 0. The van der Waals surface area contributed by atoms with Crippen LogP contribution in [0.3, 0.4) is 0 Å². The molecule has 0 N–H and O–H groups in total. The minimum absolute atomic E-state index is 0.204. The minimum atomic E-state index is -0.204. The molecule has 44 valence electrons. The summed E-state index contributed by atoms with van der Waals surface area (Å²) in [6.07, 6.45) is 3.44. The molecule has 3 heteroatoms. The van der Waals surface area contributed by atoms with Crippen LogP contribution in [-0.4, -0.2) is 5.38 Å². The van der Waals surface area contributed by atoms with Crippen molar-refractivity contribution < 1.29 is 0 Å². The van der Waals surface area contributed by atoms with Gasteiger partial charge in [-0.15, -0.1) is 11.6 Å². The van der Waals surface area contributed by atoms with Crippen LogP contribution in [0.5, 0.6) is 0 Å². The van der Waals surface area contributed by atoms with E-state index in [4.69, 9.17) is 34.8 Å². The van der Waals surface area contributed by atoms with Crippen LogP contribution in [0, 0.1) is 0 Å². The van der Waals surface area contributed by atoms with E-state index < -0.39 is 0 Å². The van der Waals surface area contributed by atoms with Crippen molar-refractivity contribution in [3.05, 3.63) is 22.2 Å². The molecule has 1 aliphatic carbocycles. The standard InChI is InChI=1S/C5H3Cl3/c6-3-1-2-4(7)5(3)8/h1-3H. The summed E-state index contributed by atoms with van der Waals surface area (Å²) in [6, 6.07) is 0. The maximum absolute atomic E-state index is 5.60. The van der Waals surface area contributed by atoms with Crippen molar-refractivity contribution in [1.82, 2.24) is 0 Å². The Hall–Kier alpha value is 0.350. The molecule has 0 aromatic carbocycles. The largest absolute Gasteiger partial charge is 0.112 e. The molecule has 0 spiro atoms. The van der Waals surface area contributed by atoms with Crippen LogP contribution < -0.4 is 0 Å². The number of alkyl halides is 1. The Morgan fingerprint density at radius 3 is 2.12 bits per heavy atom. The molecule has 0 radical (unpaired) electrons. The van der Waals surface area contributed by atoms with Gasteiger partial charge in [0.1, 0.15) is 0 Å². The number of allylic oxidation sites excluding steroid dienone is 4. The fraction of sp³-hybridized carbons (Fsp3) is 0.200. The van der Waals surface area contributed by atoms with Gasteiger partial charge in [-0.25, -0.2) is 0 Å². The van der Waals surface area contributed by atoms with Gasteiger partial charge >= 0.3 is 0 Å². The van der Waals surface area contributed by atoms with Crippen LogP contribution in [0.2, 0.25) is 0 Å².